The van der Waals surface area contributed by atoms with Gasteiger partial charge in [-0.2, -0.15) is 0 Å². The number of nitrogens with one attached hydrogen (secondary N) is 1. The lowest BCUT2D eigenvalue weighted by Gasteiger charge is -2.06. The van der Waals surface area contributed by atoms with E-state index in [0.29, 0.717) is 0 Å². The number of hydrogen-bond donors (Lipinski definition) is 3. The highest BCUT2D eigenvalue weighted by atomic mass is 16.5. The van der Waals surface area contributed by atoms with Gasteiger partial charge in [-0.05, 0) is 12.1 Å². The third-order valence-corrected chi connectivity index (χ3v) is 1.65. The third-order valence-electron chi connectivity index (χ3n) is 1.65. The molecular formula is C10H10N2O5. The number of carbonyl (C=O) groups excluding carboxylic acids is 1. The van der Waals surface area contributed by atoms with Crippen LogP contribution in [0, 0.1) is 0 Å². The molecule has 0 saturated heterocycles. The van der Waals surface area contributed by atoms with Crippen LogP contribution in [-0.2, 0) is 4.74 Å². The van der Waals surface area contributed by atoms with Gasteiger partial charge in [-0.15, -0.1) is 0 Å². The smallest absolute Gasteiger partial charge is 0.413 e. The second-order valence-corrected chi connectivity index (χ2v) is 2.88. The van der Waals surface area contributed by atoms with Gasteiger partial charge in [0.25, 0.3) is 0 Å². The highest BCUT2D eigenvalue weighted by Crippen LogP contribution is 2.20. The Morgan fingerprint density at radius 1 is 1.53 bits per heavy atom. The number of hydrogen-bond acceptors (Lipinski definition) is 5. The van der Waals surface area contributed by atoms with Crippen LogP contribution in [0.1, 0.15) is 10.5 Å². The molecule has 1 amide bonds. The minimum absolute atomic E-state index is 0.00871. The van der Waals surface area contributed by atoms with Crippen LogP contribution in [0.5, 0.6) is 5.75 Å². The van der Waals surface area contributed by atoms with E-state index in [4.69, 9.17) is 5.11 Å². The summed E-state index contributed by atoms with van der Waals surface area (Å²) in [5.41, 5.74) is -0.304. The number of nitrogens with zero attached hydrogens (tertiary/aromatic N) is 1. The van der Waals surface area contributed by atoms with Crippen molar-refractivity contribution in [2.45, 2.75) is 0 Å². The number of rotatable bonds is 4. The molecule has 0 bridgehead atoms. The predicted octanol–water partition coefficient (Wildman–Crippen LogP) is 1.22. The van der Waals surface area contributed by atoms with Crippen molar-refractivity contribution < 1.29 is 24.5 Å². The van der Waals surface area contributed by atoms with E-state index in [9.17, 15) is 14.7 Å². The van der Waals surface area contributed by atoms with Crippen LogP contribution in [0.2, 0.25) is 0 Å². The summed E-state index contributed by atoms with van der Waals surface area (Å²) < 4.78 is 4.58. The van der Waals surface area contributed by atoms with Crippen molar-refractivity contribution in [3.63, 3.8) is 0 Å². The Bertz CT molecular complexity index is 458. The maximum atomic E-state index is 11.1. The average Bonchev–Trinajstić information content (AvgIpc) is 2.29. The Balaban J connectivity index is 2.82. The molecule has 0 aromatic carbocycles. The van der Waals surface area contributed by atoms with E-state index in [2.05, 4.69) is 21.6 Å². The van der Waals surface area contributed by atoms with Crippen molar-refractivity contribution in [2.75, 3.05) is 11.9 Å². The molecule has 1 rings (SSSR count). The molecule has 0 saturated carbocycles. The molecule has 0 atom stereocenters. The molecule has 0 fully saturated rings. The third kappa shape index (κ3) is 3.49. The fourth-order valence-electron chi connectivity index (χ4n) is 0.930. The minimum Gasteiger partial charge on any atom is -0.504 e. The topological polar surface area (TPSA) is 109 Å². The average molecular weight is 238 g/mol. The molecule has 7 heteroatoms. The first-order chi connectivity index (χ1) is 8.04. The first kappa shape index (κ1) is 12.5. The molecule has 0 aliphatic heterocycles. The van der Waals surface area contributed by atoms with Crippen molar-refractivity contribution in [1.82, 2.24) is 4.98 Å². The summed E-state index contributed by atoms with van der Waals surface area (Å²) in [5.74, 6) is -1.91. The van der Waals surface area contributed by atoms with Gasteiger partial charge in [0, 0.05) is 0 Å². The maximum Gasteiger partial charge on any atom is 0.413 e. The lowest BCUT2D eigenvalue weighted by molar-refractivity contribution is 0.0690. The molecule has 1 aromatic rings. The molecule has 1 aromatic heterocycles. The van der Waals surface area contributed by atoms with Crippen LogP contribution in [0.25, 0.3) is 0 Å². The number of aromatic hydroxyl groups is 1. The molecule has 17 heavy (non-hydrogen) atoms. The largest absolute Gasteiger partial charge is 0.504 e. The van der Waals surface area contributed by atoms with Crippen LogP contribution in [0.3, 0.4) is 0 Å². The second-order valence-electron chi connectivity index (χ2n) is 2.88. The number of carboxylic acid groups (broad SMARTS) is 1. The van der Waals surface area contributed by atoms with Crippen molar-refractivity contribution in [1.29, 1.82) is 0 Å². The highest BCUT2D eigenvalue weighted by molar-refractivity contribution is 5.89. The highest BCUT2D eigenvalue weighted by Gasteiger charge is 2.12. The molecule has 7 nitrogen and oxygen atoms in total. The van der Waals surface area contributed by atoms with Gasteiger partial charge in [0.05, 0.1) is 0 Å². The number of anilines is 1. The maximum absolute atomic E-state index is 11.1. The molecule has 90 valence electrons. The molecule has 0 radical (unpaired) electrons. The number of carboxylic acids is 1. The van der Waals surface area contributed by atoms with Crippen molar-refractivity contribution in [2.24, 2.45) is 0 Å². The quantitative estimate of drug-likeness (QED) is 0.680. The van der Waals surface area contributed by atoms with Gasteiger partial charge in [0.2, 0.25) is 0 Å². The summed E-state index contributed by atoms with van der Waals surface area (Å²) in [7, 11) is 0. The monoisotopic (exact) mass is 238 g/mol. The van der Waals surface area contributed by atoms with Gasteiger partial charge < -0.3 is 14.9 Å². The zero-order valence-corrected chi connectivity index (χ0v) is 8.71. The number of aromatic nitrogens is 1. The molecule has 0 unspecified atom stereocenters. The number of ether oxygens (including phenoxy) is 1. The fraction of sp³-hybridized carbons (Fsp3) is 0.100. The van der Waals surface area contributed by atoms with Crippen LogP contribution >= 0.6 is 0 Å². The van der Waals surface area contributed by atoms with Gasteiger partial charge in [-0.3, -0.25) is 5.32 Å². The molecule has 3 N–H and O–H groups in total. The van der Waals surface area contributed by atoms with Crippen LogP contribution in [0.15, 0.2) is 24.8 Å². The van der Waals surface area contributed by atoms with E-state index in [-0.39, 0.29) is 23.9 Å². The van der Waals surface area contributed by atoms with Gasteiger partial charge in [-0.1, -0.05) is 12.7 Å². The van der Waals surface area contributed by atoms with E-state index in [0.717, 1.165) is 12.1 Å². The summed E-state index contributed by atoms with van der Waals surface area (Å²) in [6, 6.07) is 2.22. The van der Waals surface area contributed by atoms with Crippen LogP contribution < -0.4 is 5.32 Å². The minimum atomic E-state index is -1.27. The van der Waals surface area contributed by atoms with E-state index in [1.807, 2.05) is 0 Å². The van der Waals surface area contributed by atoms with E-state index in [1.165, 1.54) is 6.08 Å². The summed E-state index contributed by atoms with van der Waals surface area (Å²) in [5, 5.41) is 20.1. The van der Waals surface area contributed by atoms with Crippen molar-refractivity contribution in [3.05, 3.63) is 30.5 Å². The Kier molecular flexibility index (Phi) is 4.04. The summed E-state index contributed by atoms with van der Waals surface area (Å²) in [6.45, 7) is 3.34. The second kappa shape index (κ2) is 5.50. The van der Waals surface area contributed by atoms with E-state index in [1.54, 1.807) is 0 Å². The lowest BCUT2D eigenvalue weighted by atomic mass is 10.3. The fourth-order valence-corrected chi connectivity index (χ4v) is 0.930. The number of pyridine rings is 1. The SMILES string of the molecule is C=CCOC(=O)Nc1nc(C(=O)O)ccc1O. The zero-order valence-electron chi connectivity index (χ0n) is 8.71. The Labute approximate surface area is 96.4 Å². The summed E-state index contributed by atoms with van der Waals surface area (Å²) >= 11 is 0. The first-order valence-corrected chi connectivity index (χ1v) is 4.52. The summed E-state index contributed by atoms with van der Waals surface area (Å²) in [6.07, 6.45) is 0.496. The predicted molar refractivity (Wildman–Crippen MR) is 58.0 cm³/mol. The first-order valence-electron chi connectivity index (χ1n) is 4.52. The van der Waals surface area contributed by atoms with E-state index >= 15 is 0 Å². The number of aromatic carboxylic acids is 1. The Morgan fingerprint density at radius 2 is 2.24 bits per heavy atom. The van der Waals surface area contributed by atoms with Gasteiger partial charge in [0.15, 0.2) is 17.3 Å². The van der Waals surface area contributed by atoms with Crippen LogP contribution in [0.4, 0.5) is 10.6 Å². The molecule has 0 spiro atoms. The van der Waals surface area contributed by atoms with Gasteiger partial charge >= 0.3 is 12.1 Å². The number of carbonyl (C=O) groups is 2. The number of amides is 1. The lowest BCUT2D eigenvalue weighted by Crippen LogP contribution is -2.15. The Morgan fingerprint density at radius 3 is 2.82 bits per heavy atom. The van der Waals surface area contributed by atoms with E-state index < -0.39 is 12.1 Å². The Hall–Kier alpha value is -2.57. The van der Waals surface area contributed by atoms with Gasteiger partial charge in [0.1, 0.15) is 6.61 Å². The molecule has 1 heterocycles. The van der Waals surface area contributed by atoms with Crippen molar-refractivity contribution >= 4 is 17.9 Å². The van der Waals surface area contributed by atoms with Crippen LogP contribution in [-0.4, -0.2) is 33.9 Å². The standard InChI is InChI=1S/C10H10N2O5/c1-2-5-17-10(16)12-8-7(13)4-3-6(11-8)9(14)15/h2-4,13H,1,5H2,(H,14,15)(H,11,12,16). The van der Waals surface area contributed by atoms with Crippen molar-refractivity contribution in [3.8, 4) is 5.75 Å². The van der Waals surface area contributed by atoms with Gasteiger partial charge in [-0.25, -0.2) is 14.6 Å². The summed E-state index contributed by atoms with van der Waals surface area (Å²) in [4.78, 5) is 25.3. The zero-order chi connectivity index (χ0) is 12.8. The normalized spacial score (nSPS) is 9.41. The molecular weight excluding hydrogens is 228 g/mol. The molecule has 0 aliphatic carbocycles. The molecule has 0 aliphatic rings.